The molecule has 0 aliphatic heterocycles. The zero-order valence-electron chi connectivity index (χ0n) is 19.9. The van der Waals surface area contributed by atoms with Crippen LogP contribution >= 0.6 is 0 Å². The quantitative estimate of drug-likeness (QED) is 0.372. The number of aliphatic hydroxyl groups excluding tert-OH is 1. The predicted octanol–water partition coefficient (Wildman–Crippen LogP) is 4.36. The van der Waals surface area contributed by atoms with Crippen LogP contribution in [0.15, 0.2) is 71.5 Å². The van der Waals surface area contributed by atoms with Gasteiger partial charge in [0, 0.05) is 11.3 Å². The Kier molecular flexibility index (Phi) is 6.26. The maximum absolute atomic E-state index is 14.2. The van der Waals surface area contributed by atoms with E-state index in [1.807, 2.05) is 24.3 Å². The first-order chi connectivity index (χ1) is 18.2. The summed E-state index contributed by atoms with van der Waals surface area (Å²) in [5.74, 6) is 0.0817. The summed E-state index contributed by atoms with van der Waals surface area (Å²) in [6.45, 7) is 0.747. The molecule has 11 heteroatoms. The third-order valence-electron chi connectivity index (χ3n) is 6.18. The number of alkyl halides is 3. The highest BCUT2D eigenvalue weighted by Gasteiger charge is 2.33. The van der Waals surface area contributed by atoms with Gasteiger partial charge in [0.2, 0.25) is 0 Å². The van der Waals surface area contributed by atoms with Crippen molar-refractivity contribution in [3.8, 4) is 28.3 Å². The first kappa shape index (κ1) is 24.9. The van der Waals surface area contributed by atoms with Gasteiger partial charge in [-0.2, -0.15) is 18.4 Å². The lowest BCUT2D eigenvalue weighted by Crippen LogP contribution is -2.30. The second-order valence-corrected chi connectivity index (χ2v) is 8.52. The summed E-state index contributed by atoms with van der Waals surface area (Å²) in [4.78, 5) is 17.9. The van der Waals surface area contributed by atoms with Crippen molar-refractivity contribution in [1.29, 1.82) is 5.26 Å². The predicted molar refractivity (Wildman–Crippen MR) is 132 cm³/mol. The van der Waals surface area contributed by atoms with Gasteiger partial charge in [0.1, 0.15) is 12.3 Å². The second kappa shape index (κ2) is 9.57. The van der Waals surface area contributed by atoms with E-state index in [9.17, 15) is 28.3 Å². The van der Waals surface area contributed by atoms with Crippen LogP contribution in [0.1, 0.15) is 28.3 Å². The van der Waals surface area contributed by atoms with Crippen molar-refractivity contribution in [2.75, 3.05) is 0 Å². The molecule has 190 valence electrons. The Morgan fingerprint density at radius 1 is 0.947 bits per heavy atom. The molecular formula is C27H19F3N6O2. The first-order valence-corrected chi connectivity index (χ1v) is 11.4. The molecule has 0 fully saturated rings. The average molecular weight is 516 g/mol. The van der Waals surface area contributed by atoms with Gasteiger partial charge in [0.15, 0.2) is 11.5 Å². The molecule has 0 unspecified atom stereocenters. The molecule has 0 spiro atoms. The molecule has 38 heavy (non-hydrogen) atoms. The highest BCUT2D eigenvalue weighted by molar-refractivity contribution is 5.91. The highest BCUT2D eigenvalue weighted by Crippen LogP contribution is 2.33. The van der Waals surface area contributed by atoms with Crippen molar-refractivity contribution < 1.29 is 18.3 Å². The summed E-state index contributed by atoms with van der Waals surface area (Å²) in [7, 11) is 0. The molecule has 0 radical (unpaired) electrons. The molecular weight excluding hydrogens is 497 g/mol. The van der Waals surface area contributed by atoms with Crippen LogP contribution in [0.4, 0.5) is 13.2 Å². The lowest BCUT2D eigenvalue weighted by Gasteiger charge is -2.18. The Morgan fingerprint density at radius 3 is 2.24 bits per heavy atom. The summed E-state index contributed by atoms with van der Waals surface area (Å²) < 4.78 is 42.2. The molecule has 0 aliphatic carbocycles. The third kappa shape index (κ3) is 4.31. The summed E-state index contributed by atoms with van der Waals surface area (Å²) in [5.41, 5.74) is 1.55. The summed E-state index contributed by atoms with van der Waals surface area (Å²) in [5, 5.41) is 27.6. The molecule has 0 saturated heterocycles. The number of benzene rings is 2. The van der Waals surface area contributed by atoms with E-state index in [1.165, 1.54) is 22.2 Å². The number of hydrogen-bond acceptors (Lipinski definition) is 6. The minimum absolute atomic E-state index is 0.0817. The van der Waals surface area contributed by atoms with Crippen LogP contribution < -0.4 is 5.56 Å². The molecule has 3 aromatic heterocycles. The van der Waals surface area contributed by atoms with Crippen molar-refractivity contribution >= 4 is 5.65 Å². The van der Waals surface area contributed by atoms with Gasteiger partial charge in [0.25, 0.3) is 5.56 Å². The molecule has 0 atom stereocenters. The molecule has 0 bridgehead atoms. The van der Waals surface area contributed by atoms with Crippen LogP contribution in [0.5, 0.6) is 0 Å². The van der Waals surface area contributed by atoms with Crippen molar-refractivity contribution in [3.05, 3.63) is 105 Å². The molecule has 1 N–H and O–H groups in total. The van der Waals surface area contributed by atoms with Crippen molar-refractivity contribution in [3.63, 3.8) is 0 Å². The number of nitriles is 1. The Hall–Kier alpha value is -4.82. The van der Waals surface area contributed by atoms with E-state index < -0.39 is 24.0 Å². The normalized spacial score (nSPS) is 11.6. The summed E-state index contributed by atoms with van der Waals surface area (Å²) >= 11 is 0. The monoisotopic (exact) mass is 516 g/mol. The number of nitrogens with zero attached hydrogens (tertiary/aromatic N) is 6. The zero-order valence-corrected chi connectivity index (χ0v) is 19.9. The second-order valence-electron chi connectivity index (χ2n) is 8.52. The van der Waals surface area contributed by atoms with Crippen molar-refractivity contribution in [2.45, 2.75) is 26.3 Å². The number of rotatable bonds is 5. The molecule has 0 aliphatic rings. The van der Waals surface area contributed by atoms with Gasteiger partial charge in [-0.3, -0.25) is 4.79 Å². The van der Waals surface area contributed by atoms with E-state index in [0.717, 1.165) is 6.07 Å². The van der Waals surface area contributed by atoms with E-state index in [1.54, 1.807) is 36.4 Å². The number of aromatic nitrogens is 5. The Labute approximate surface area is 213 Å². The lowest BCUT2D eigenvalue weighted by molar-refractivity contribution is -0.141. The average Bonchev–Trinajstić information content (AvgIpc) is 3.34. The largest absolute Gasteiger partial charge is 0.433 e. The Morgan fingerprint density at radius 2 is 1.63 bits per heavy atom. The molecule has 3 heterocycles. The fraction of sp³-hybridized carbons (Fsp3) is 0.148. The fourth-order valence-electron chi connectivity index (χ4n) is 4.34. The minimum atomic E-state index is -4.61. The van der Waals surface area contributed by atoms with Crippen LogP contribution in [0.3, 0.4) is 0 Å². The zero-order chi connectivity index (χ0) is 27.0. The van der Waals surface area contributed by atoms with Crippen LogP contribution in [0.25, 0.3) is 27.9 Å². The van der Waals surface area contributed by atoms with E-state index in [2.05, 4.69) is 15.2 Å². The molecule has 5 rings (SSSR count). The number of pyridine rings is 1. The number of fused-ring (bicyclic) bond motifs is 1. The highest BCUT2D eigenvalue weighted by atomic mass is 19.4. The van der Waals surface area contributed by atoms with E-state index in [4.69, 9.17) is 0 Å². The topological polar surface area (TPSA) is 109 Å². The van der Waals surface area contributed by atoms with E-state index >= 15 is 0 Å². The fourth-order valence-corrected chi connectivity index (χ4v) is 4.34. The first-order valence-electron chi connectivity index (χ1n) is 11.4. The van der Waals surface area contributed by atoms with Crippen LogP contribution in [0.2, 0.25) is 0 Å². The Balaban J connectivity index is 1.82. The Bertz CT molecular complexity index is 1750. The van der Waals surface area contributed by atoms with Gasteiger partial charge in [-0.05, 0) is 41.8 Å². The molecule has 2 aromatic carbocycles. The summed E-state index contributed by atoms with van der Waals surface area (Å²) in [6, 6.07) is 19.7. The van der Waals surface area contributed by atoms with Gasteiger partial charge >= 0.3 is 6.18 Å². The number of halogens is 3. The third-order valence-corrected chi connectivity index (χ3v) is 6.18. The maximum atomic E-state index is 14.2. The van der Waals surface area contributed by atoms with Crippen LogP contribution in [0, 0.1) is 18.3 Å². The standard InChI is InChI=1S/C27H19F3N6O2/c1-16-20(11-12-21(32-16)27(28,29)30)14-35-26(38)24(19-9-7-17(13-31)8-10-19)23(18-5-3-2-4-6-18)25-34-33-22(15-37)36(25)35/h2-12,37H,14-15H2,1H3. The maximum Gasteiger partial charge on any atom is 0.433 e. The van der Waals surface area contributed by atoms with E-state index in [0.29, 0.717) is 27.8 Å². The number of aliphatic hydroxyl groups is 1. The van der Waals surface area contributed by atoms with Gasteiger partial charge in [-0.1, -0.05) is 48.5 Å². The van der Waals surface area contributed by atoms with Gasteiger partial charge < -0.3 is 5.11 Å². The number of aryl methyl sites for hydroxylation is 1. The van der Waals surface area contributed by atoms with E-state index in [-0.39, 0.29) is 29.3 Å². The molecule has 8 nitrogen and oxygen atoms in total. The van der Waals surface area contributed by atoms with Crippen LogP contribution in [-0.4, -0.2) is 29.5 Å². The van der Waals surface area contributed by atoms with Gasteiger partial charge in [-0.25, -0.2) is 14.2 Å². The van der Waals surface area contributed by atoms with Gasteiger partial charge in [0.05, 0.1) is 23.7 Å². The van der Waals surface area contributed by atoms with Gasteiger partial charge in [-0.15, -0.1) is 10.2 Å². The molecule has 0 amide bonds. The van der Waals surface area contributed by atoms with Crippen LogP contribution in [-0.2, 0) is 19.3 Å². The molecule has 0 saturated carbocycles. The summed E-state index contributed by atoms with van der Waals surface area (Å²) in [6.07, 6.45) is -4.61. The SMILES string of the molecule is Cc1nc(C(F)(F)F)ccc1Cn1c(=O)c(-c2ccc(C#N)cc2)c(-c2ccccc2)c2nnc(CO)n21. The number of hydrogen-bond donors (Lipinski definition) is 1. The minimum Gasteiger partial charge on any atom is -0.388 e. The molecule has 5 aromatic rings. The van der Waals surface area contributed by atoms with Crippen molar-refractivity contribution in [2.24, 2.45) is 0 Å². The smallest absolute Gasteiger partial charge is 0.388 e. The lowest BCUT2D eigenvalue weighted by atomic mass is 9.96. The van der Waals surface area contributed by atoms with Crippen molar-refractivity contribution in [1.82, 2.24) is 24.4 Å².